The van der Waals surface area contributed by atoms with Gasteiger partial charge in [0.2, 0.25) is 0 Å². The fraction of sp³-hybridized carbons (Fsp3) is 0.227. The van der Waals surface area contributed by atoms with Crippen molar-refractivity contribution in [2.24, 2.45) is 0 Å². The smallest absolute Gasteiger partial charge is 0.283 e. The first kappa shape index (κ1) is 18.1. The molecular formula is C22H15BrFN3O2. The van der Waals surface area contributed by atoms with Crippen LogP contribution in [0.2, 0.25) is 0 Å². The highest BCUT2D eigenvalue weighted by atomic mass is 79.9. The number of halogens is 2. The summed E-state index contributed by atoms with van der Waals surface area (Å²) in [5.41, 5.74) is 2.20. The number of hydrogen-bond donors (Lipinski definition) is 0. The standard InChI is InChI=1S/C22H15BrFN3O2/c1-25-22-8-6-17(28)11-14(22)7-9-29-21-18(22)10-13-12-26-27(20(13)19(21)23)16-4-2-15(24)3-5-16/h2-5,10-12H,6-9H2. The average molecular weight is 452 g/mol. The maximum Gasteiger partial charge on any atom is 0.283 e. The van der Waals surface area contributed by atoms with Crippen LogP contribution in [0.25, 0.3) is 21.4 Å². The van der Waals surface area contributed by atoms with Gasteiger partial charge in [-0.1, -0.05) is 0 Å². The first-order valence-corrected chi connectivity index (χ1v) is 10.0. The third-order valence-electron chi connectivity index (χ3n) is 5.67. The molecule has 0 N–H and O–H groups in total. The fourth-order valence-corrected chi connectivity index (χ4v) is 4.97. The molecule has 1 aliphatic carbocycles. The minimum absolute atomic E-state index is 0.0620. The predicted octanol–water partition coefficient (Wildman–Crippen LogP) is 5.11. The maximum atomic E-state index is 13.3. The van der Waals surface area contributed by atoms with Crippen LogP contribution in [0.4, 0.5) is 4.39 Å². The van der Waals surface area contributed by atoms with Crippen molar-refractivity contribution in [1.82, 2.24) is 9.78 Å². The summed E-state index contributed by atoms with van der Waals surface area (Å²) in [7, 11) is 0. The Kier molecular flexibility index (Phi) is 4.07. The maximum absolute atomic E-state index is 13.3. The van der Waals surface area contributed by atoms with Crippen molar-refractivity contribution >= 4 is 32.6 Å². The number of rotatable bonds is 1. The van der Waals surface area contributed by atoms with Crippen molar-refractivity contribution in [3.63, 3.8) is 0 Å². The molecule has 7 heteroatoms. The van der Waals surface area contributed by atoms with Crippen molar-refractivity contribution in [1.29, 1.82) is 0 Å². The summed E-state index contributed by atoms with van der Waals surface area (Å²) < 4.78 is 21.8. The fourth-order valence-electron chi connectivity index (χ4n) is 4.25. The van der Waals surface area contributed by atoms with E-state index in [2.05, 4.69) is 25.9 Å². The number of nitrogens with zero attached hydrogens (tertiary/aromatic N) is 3. The summed E-state index contributed by atoms with van der Waals surface area (Å²) in [6.07, 6.45) is 4.68. The largest absolute Gasteiger partial charge is 0.491 e. The minimum atomic E-state index is -0.894. The number of hydrogen-bond acceptors (Lipinski definition) is 3. The zero-order valence-electron chi connectivity index (χ0n) is 15.3. The van der Waals surface area contributed by atoms with Crippen LogP contribution in [0.15, 0.2) is 52.7 Å². The summed E-state index contributed by atoms with van der Waals surface area (Å²) in [6, 6.07) is 8.04. The molecule has 0 fully saturated rings. The molecule has 3 aromatic rings. The van der Waals surface area contributed by atoms with E-state index in [1.807, 2.05) is 6.07 Å². The number of carbonyl (C=O) groups is 1. The second-order valence-corrected chi connectivity index (χ2v) is 8.04. The molecule has 2 aromatic carbocycles. The zero-order valence-corrected chi connectivity index (χ0v) is 16.9. The van der Waals surface area contributed by atoms with Crippen molar-refractivity contribution in [3.8, 4) is 11.4 Å². The molecule has 0 amide bonds. The van der Waals surface area contributed by atoms with Crippen LogP contribution in [0.5, 0.6) is 5.75 Å². The predicted molar refractivity (Wildman–Crippen MR) is 109 cm³/mol. The van der Waals surface area contributed by atoms with E-state index >= 15 is 0 Å². The number of ether oxygens (including phenoxy) is 1. The Hall–Kier alpha value is -2.98. The Morgan fingerprint density at radius 1 is 1.28 bits per heavy atom. The molecule has 1 unspecified atom stereocenters. The molecule has 144 valence electrons. The van der Waals surface area contributed by atoms with E-state index in [-0.39, 0.29) is 11.6 Å². The SMILES string of the molecule is [C-]#[N+]C12CCC(=O)C=C1CCOc1c2cc2cnn(-c3ccc(F)cc3)c2c1Br. The number of ketones is 1. The quantitative estimate of drug-likeness (QED) is 0.482. The molecule has 0 saturated carbocycles. The molecule has 5 rings (SSSR count). The molecule has 0 bridgehead atoms. The van der Waals surface area contributed by atoms with Gasteiger partial charge in [0.1, 0.15) is 11.6 Å². The van der Waals surface area contributed by atoms with E-state index in [1.54, 1.807) is 29.1 Å². The number of aromatic nitrogens is 2. The van der Waals surface area contributed by atoms with E-state index < -0.39 is 5.54 Å². The lowest BCUT2D eigenvalue weighted by Crippen LogP contribution is -2.29. The summed E-state index contributed by atoms with van der Waals surface area (Å²) in [6.45, 7) is 8.38. The van der Waals surface area contributed by atoms with Gasteiger partial charge in [-0.15, -0.1) is 0 Å². The Bertz CT molecular complexity index is 1240. The lowest BCUT2D eigenvalue weighted by atomic mass is 9.74. The summed E-state index contributed by atoms with van der Waals surface area (Å²) in [5.74, 6) is 0.355. The van der Waals surface area contributed by atoms with Crippen LogP contribution in [-0.2, 0) is 10.3 Å². The second-order valence-electron chi connectivity index (χ2n) is 7.24. The highest BCUT2D eigenvalue weighted by molar-refractivity contribution is 9.10. The Morgan fingerprint density at radius 3 is 2.83 bits per heavy atom. The number of allylic oxidation sites excluding steroid dienone is 1. The van der Waals surface area contributed by atoms with Crippen LogP contribution in [0, 0.1) is 12.4 Å². The van der Waals surface area contributed by atoms with Gasteiger partial charge in [-0.2, -0.15) is 5.10 Å². The lowest BCUT2D eigenvalue weighted by Gasteiger charge is -2.27. The average Bonchev–Trinajstić information content (AvgIpc) is 3.08. The molecular weight excluding hydrogens is 437 g/mol. The highest BCUT2D eigenvalue weighted by Crippen LogP contribution is 2.52. The Balaban J connectivity index is 1.78. The van der Waals surface area contributed by atoms with Crippen molar-refractivity contribution in [2.45, 2.75) is 24.8 Å². The summed E-state index contributed by atoms with van der Waals surface area (Å²) in [5, 5.41) is 5.32. The van der Waals surface area contributed by atoms with Crippen molar-refractivity contribution < 1.29 is 13.9 Å². The van der Waals surface area contributed by atoms with E-state index in [4.69, 9.17) is 11.3 Å². The Morgan fingerprint density at radius 2 is 2.07 bits per heavy atom. The van der Waals surface area contributed by atoms with Crippen LogP contribution in [0.1, 0.15) is 24.8 Å². The van der Waals surface area contributed by atoms with Crippen LogP contribution in [0.3, 0.4) is 0 Å². The highest BCUT2D eigenvalue weighted by Gasteiger charge is 2.50. The second kappa shape index (κ2) is 6.53. The molecule has 1 atom stereocenters. The van der Waals surface area contributed by atoms with Gasteiger partial charge in [0.05, 0.1) is 34.0 Å². The van der Waals surface area contributed by atoms with Gasteiger partial charge in [0.15, 0.2) is 5.78 Å². The molecule has 0 radical (unpaired) electrons. The molecule has 1 aliphatic heterocycles. The molecule has 1 aromatic heterocycles. The van der Waals surface area contributed by atoms with Crippen molar-refractivity contribution in [3.05, 3.63) is 75.4 Å². The first-order valence-electron chi connectivity index (χ1n) is 9.25. The summed E-state index contributed by atoms with van der Waals surface area (Å²) in [4.78, 5) is 16.0. The van der Waals surface area contributed by atoms with E-state index in [9.17, 15) is 9.18 Å². The van der Waals surface area contributed by atoms with Gasteiger partial charge in [-0.3, -0.25) is 4.79 Å². The third kappa shape index (κ3) is 2.63. The van der Waals surface area contributed by atoms with Gasteiger partial charge in [0, 0.05) is 30.2 Å². The molecule has 0 spiro atoms. The minimum Gasteiger partial charge on any atom is -0.491 e. The lowest BCUT2D eigenvalue weighted by molar-refractivity contribution is -0.115. The van der Waals surface area contributed by atoms with Gasteiger partial charge in [0.25, 0.3) is 5.54 Å². The number of benzene rings is 2. The van der Waals surface area contributed by atoms with E-state index in [0.29, 0.717) is 36.1 Å². The van der Waals surface area contributed by atoms with E-state index in [1.165, 1.54) is 12.1 Å². The first-order chi connectivity index (χ1) is 14.0. The number of fused-ring (bicyclic) bond motifs is 4. The third-order valence-corrected chi connectivity index (χ3v) is 6.41. The molecule has 0 saturated heterocycles. The van der Waals surface area contributed by atoms with Gasteiger partial charge in [-0.25, -0.2) is 15.6 Å². The normalized spacial score (nSPS) is 20.9. The van der Waals surface area contributed by atoms with E-state index in [0.717, 1.165) is 27.7 Å². The van der Waals surface area contributed by atoms with Crippen LogP contribution in [-0.4, -0.2) is 22.2 Å². The molecule has 2 aliphatic rings. The van der Waals surface area contributed by atoms with Gasteiger partial charge < -0.3 is 9.58 Å². The number of carbonyl (C=O) groups excluding carboxylic acids is 1. The molecule has 5 nitrogen and oxygen atoms in total. The monoisotopic (exact) mass is 451 g/mol. The zero-order chi connectivity index (χ0) is 20.2. The molecule has 2 heterocycles. The summed E-state index contributed by atoms with van der Waals surface area (Å²) >= 11 is 3.68. The van der Waals surface area contributed by atoms with Crippen LogP contribution < -0.4 is 4.74 Å². The van der Waals surface area contributed by atoms with Crippen molar-refractivity contribution in [2.75, 3.05) is 6.61 Å². The van der Waals surface area contributed by atoms with Crippen LogP contribution >= 0.6 is 15.9 Å². The van der Waals surface area contributed by atoms with Gasteiger partial charge >= 0.3 is 0 Å². The Labute approximate surface area is 174 Å². The molecule has 29 heavy (non-hydrogen) atoms. The topological polar surface area (TPSA) is 48.5 Å². The van der Waals surface area contributed by atoms with Gasteiger partial charge in [-0.05, 0) is 52.3 Å².